The molecule has 0 atom stereocenters. The van der Waals surface area contributed by atoms with E-state index in [4.69, 9.17) is 11.6 Å². The van der Waals surface area contributed by atoms with Crippen molar-refractivity contribution in [2.45, 2.75) is 26.9 Å². The Morgan fingerprint density at radius 1 is 1.35 bits per heavy atom. The van der Waals surface area contributed by atoms with Crippen molar-refractivity contribution < 1.29 is 4.79 Å². The Labute approximate surface area is 139 Å². The van der Waals surface area contributed by atoms with Gasteiger partial charge in [0.1, 0.15) is 11.5 Å². The fourth-order valence-electron chi connectivity index (χ4n) is 2.60. The summed E-state index contributed by atoms with van der Waals surface area (Å²) in [5, 5.41) is 7.54. The van der Waals surface area contributed by atoms with Gasteiger partial charge in [0.15, 0.2) is 0 Å². The van der Waals surface area contributed by atoms with Crippen molar-refractivity contribution in [2.75, 3.05) is 0 Å². The lowest BCUT2D eigenvalue weighted by atomic mass is 10.3. The van der Waals surface area contributed by atoms with Gasteiger partial charge in [-0.05, 0) is 26.0 Å². The van der Waals surface area contributed by atoms with Crippen LogP contribution in [0.4, 0.5) is 0 Å². The van der Waals surface area contributed by atoms with E-state index >= 15 is 0 Å². The first kappa shape index (κ1) is 15.6. The summed E-state index contributed by atoms with van der Waals surface area (Å²) in [6.07, 6.45) is 0. The molecule has 3 aromatic rings. The van der Waals surface area contributed by atoms with E-state index in [1.807, 2.05) is 42.8 Å². The highest BCUT2D eigenvalue weighted by Gasteiger charge is 2.20. The van der Waals surface area contributed by atoms with E-state index < -0.39 is 0 Å². The molecule has 1 amide bonds. The van der Waals surface area contributed by atoms with Crippen LogP contribution in [0.1, 0.15) is 28.9 Å². The van der Waals surface area contributed by atoms with Gasteiger partial charge in [0.05, 0.1) is 28.3 Å². The van der Waals surface area contributed by atoms with Gasteiger partial charge in [0, 0.05) is 13.6 Å². The molecular formula is C16H18ClN5O. The average Bonchev–Trinajstić information content (AvgIpc) is 3.03. The van der Waals surface area contributed by atoms with Crippen LogP contribution in [0.2, 0.25) is 5.02 Å². The maximum Gasteiger partial charge on any atom is 0.271 e. The number of aryl methyl sites for hydroxylation is 3. The van der Waals surface area contributed by atoms with Gasteiger partial charge in [0.25, 0.3) is 5.91 Å². The Morgan fingerprint density at radius 2 is 2.09 bits per heavy atom. The molecule has 0 spiro atoms. The first-order valence-corrected chi connectivity index (χ1v) is 7.82. The Bertz CT molecular complexity index is 880. The normalized spacial score (nSPS) is 11.1. The van der Waals surface area contributed by atoms with E-state index in [-0.39, 0.29) is 5.91 Å². The number of nitrogens with one attached hydrogen (secondary N) is 1. The molecule has 0 saturated heterocycles. The van der Waals surface area contributed by atoms with Gasteiger partial charge in [-0.15, -0.1) is 0 Å². The Hall–Kier alpha value is -2.34. The number of amides is 1. The van der Waals surface area contributed by atoms with Crippen molar-refractivity contribution in [3.63, 3.8) is 0 Å². The Kier molecular flexibility index (Phi) is 4.09. The minimum Gasteiger partial charge on any atom is -0.343 e. The molecule has 0 radical (unpaired) electrons. The van der Waals surface area contributed by atoms with Crippen LogP contribution in [0.3, 0.4) is 0 Å². The predicted octanol–water partition coefficient (Wildman–Crippen LogP) is 2.68. The van der Waals surface area contributed by atoms with Crippen LogP contribution in [0.5, 0.6) is 0 Å². The Balaban J connectivity index is 1.82. The number of carbonyl (C=O) groups excluding carboxylic acids is 1. The minimum absolute atomic E-state index is 0.246. The molecular weight excluding hydrogens is 314 g/mol. The molecule has 7 heteroatoms. The van der Waals surface area contributed by atoms with Crippen LogP contribution in [-0.2, 0) is 20.1 Å². The molecule has 3 rings (SSSR count). The zero-order valence-electron chi connectivity index (χ0n) is 13.3. The topological polar surface area (TPSA) is 64.7 Å². The number of imidazole rings is 1. The molecule has 0 fully saturated rings. The molecule has 0 aliphatic carbocycles. The van der Waals surface area contributed by atoms with Crippen LogP contribution >= 0.6 is 11.6 Å². The molecule has 2 heterocycles. The molecule has 1 aromatic carbocycles. The van der Waals surface area contributed by atoms with Gasteiger partial charge < -0.3 is 9.88 Å². The molecule has 0 aliphatic heterocycles. The predicted molar refractivity (Wildman–Crippen MR) is 89.5 cm³/mol. The molecule has 0 aliphatic rings. The minimum atomic E-state index is -0.246. The summed E-state index contributed by atoms with van der Waals surface area (Å²) < 4.78 is 3.58. The second-order valence-electron chi connectivity index (χ2n) is 5.32. The highest BCUT2D eigenvalue weighted by atomic mass is 35.5. The summed E-state index contributed by atoms with van der Waals surface area (Å²) in [7, 11) is 1.93. The maximum absolute atomic E-state index is 12.5. The first-order valence-electron chi connectivity index (χ1n) is 7.44. The number of hydrogen-bond acceptors (Lipinski definition) is 3. The first-order chi connectivity index (χ1) is 11.0. The van der Waals surface area contributed by atoms with Gasteiger partial charge >= 0.3 is 0 Å². The summed E-state index contributed by atoms with van der Waals surface area (Å²) in [6, 6.07) is 7.86. The van der Waals surface area contributed by atoms with Crippen LogP contribution in [-0.4, -0.2) is 25.2 Å². The molecule has 0 saturated carbocycles. The fraction of sp³-hybridized carbons (Fsp3) is 0.312. The quantitative estimate of drug-likeness (QED) is 0.799. The second-order valence-corrected chi connectivity index (χ2v) is 5.70. The molecule has 0 unspecified atom stereocenters. The number of aromatic nitrogens is 4. The van der Waals surface area contributed by atoms with Crippen molar-refractivity contribution in [2.24, 2.45) is 7.05 Å². The van der Waals surface area contributed by atoms with E-state index in [0.29, 0.717) is 29.5 Å². The lowest BCUT2D eigenvalue weighted by Crippen LogP contribution is -2.27. The Morgan fingerprint density at radius 3 is 2.78 bits per heavy atom. The lowest BCUT2D eigenvalue weighted by molar-refractivity contribution is 0.0939. The van der Waals surface area contributed by atoms with E-state index in [0.717, 1.165) is 16.9 Å². The summed E-state index contributed by atoms with van der Waals surface area (Å²) >= 11 is 6.20. The third kappa shape index (κ3) is 2.70. The average molecular weight is 332 g/mol. The molecule has 0 bridgehead atoms. The van der Waals surface area contributed by atoms with Crippen LogP contribution in [0, 0.1) is 6.92 Å². The highest BCUT2D eigenvalue weighted by molar-refractivity contribution is 6.34. The number of para-hydroxylation sites is 2. The van der Waals surface area contributed by atoms with Crippen molar-refractivity contribution in [1.82, 2.24) is 24.6 Å². The maximum atomic E-state index is 12.5. The van der Waals surface area contributed by atoms with Crippen LogP contribution in [0.25, 0.3) is 11.0 Å². The van der Waals surface area contributed by atoms with Crippen molar-refractivity contribution in [3.05, 3.63) is 46.5 Å². The van der Waals surface area contributed by atoms with E-state index in [1.165, 1.54) is 0 Å². The van der Waals surface area contributed by atoms with Crippen LogP contribution < -0.4 is 5.32 Å². The highest BCUT2D eigenvalue weighted by Crippen LogP contribution is 2.20. The van der Waals surface area contributed by atoms with E-state index in [1.54, 1.807) is 11.6 Å². The SMILES string of the molecule is CCn1nc(C)c(Cl)c1C(=O)NCc1nc2ccccc2n1C. The van der Waals surface area contributed by atoms with Crippen LogP contribution in [0.15, 0.2) is 24.3 Å². The van der Waals surface area contributed by atoms with Crippen molar-refractivity contribution >= 4 is 28.5 Å². The summed E-state index contributed by atoms with van der Waals surface area (Å²) in [4.78, 5) is 17.0. The number of fused-ring (bicyclic) bond motifs is 1. The smallest absolute Gasteiger partial charge is 0.271 e. The zero-order valence-corrected chi connectivity index (χ0v) is 14.1. The van der Waals surface area contributed by atoms with E-state index in [2.05, 4.69) is 15.4 Å². The molecule has 23 heavy (non-hydrogen) atoms. The number of nitrogens with zero attached hydrogens (tertiary/aromatic N) is 4. The van der Waals surface area contributed by atoms with Gasteiger partial charge in [0.2, 0.25) is 0 Å². The second kappa shape index (κ2) is 6.04. The van der Waals surface area contributed by atoms with Gasteiger partial charge in [-0.2, -0.15) is 5.10 Å². The monoisotopic (exact) mass is 331 g/mol. The van der Waals surface area contributed by atoms with Crippen molar-refractivity contribution in [3.8, 4) is 0 Å². The summed E-state index contributed by atoms with van der Waals surface area (Å²) in [6.45, 7) is 4.62. The zero-order chi connectivity index (χ0) is 16.6. The number of rotatable bonds is 4. The van der Waals surface area contributed by atoms with E-state index in [9.17, 15) is 4.79 Å². The number of halogens is 1. The van der Waals surface area contributed by atoms with Gasteiger partial charge in [-0.3, -0.25) is 9.48 Å². The summed E-state index contributed by atoms with van der Waals surface area (Å²) in [5.74, 6) is 0.541. The standard InChI is InChI=1S/C16H18ClN5O/c1-4-22-15(14(17)10(2)20-22)16(23)18-9-13-19-11-7-5-6-8-12(11)21(13)3/h5-8H,4,9H2,1-3H3,(H,18,23). The largest absolute Gasteiger partial charge is 0.343 e. The third-order valence-electron chi connectivity index (χ3n) is 3.86. The number of benzene rings is 1. The molecule has 6 nitrogen and oxygen atoms in total. The lowest BCUT2D eigenvalue weighted by Gasteiger charge is -2.07. The van der Waals surface area contributed by atoms with Gasteiger partial charge in [-0.1, -0.05) is 23.7 Å². The number of hydrogen-bond donors (Lipinski definition) is 1. The molecule has 1 N–H and O–H groups in total. The van der Waals surface area contributed by atoms with Gasteiger partial charge in [-0.25, -0.2) is 4.98 Å². The fourth-order valence-corrected chi connectivity index (χ4v) is 2.82. The molecule has 2 aromatic heterocycles. The third-order valence-corrected chi connectivity index (χ3v) is 4.31. The number of carbonyl (C=O) groups is 1. The van der Waals surface area contributed by atoms with Crippen molar-refractivity contribution in [1.29, 1.82) is 0 Å². The molecule has 120 valence electrons. The summed E-state index contributed by atoms with van der Waals surface area (Å²) in [5.41, 5.74) is 2.99.